The van der Waals surface area contributed by atoms with Gasteiger partial charge in [-0.1, -0.05) is 24.6 Å². The van der Waals surface area contributed by atoms with Gasteiger partial charge in [0.15, 0.2) is 5.65 Å². The number of amides is 1. The van der Waals surface area contributed by atoms with Crippen molar-refractivity contribution in [3.8, 4) is 0 Å². The van der Waals surface area contributed by atoms with Crippen LogP contribution in [0.25, 0.3) is 11.3 Å². The van der Waals surface area contributed by atoms with E-state index in [4.69, 9.17) is 11.6 Å². The molecule has 0 bridgehead atoms. The number of aryl methyl sites for hydroxylation is 1. The van der Waals surface area contributed by atoms with Crippen LogP contribution >= 0.6 is 11.6 Å². The molecule has 156 valence electrons. The Balaban J connectivity index is 1.80. The van der Waals surface area contributed by atoms with E-state index in [1.54, 1.807) is 6.20 Å². The van der Waals surface area contributed by atoms with Gasteiger partial charge in [-0.3, -0.25) is 9.30 Å². The Hall–Kier alpha value is -3.34. The Morgan fingerprint density at radius 1 is 1.30 bits per heavy atom. The third-order valence-corrected chi connectivity index (χ3v) is 4.73. The fourth-order valence-electron chi connectivity index (χ4n) is 3.18. The first kappa shape index (κ1) is 20.0. The largest absolute Gasteiger partial charge is 0.465 e. The monoisotopic (exact) mass is 438 g/mol. The second-order valence-electron chi connectivity index (χ2n) is 6.43. The molecule has 30 heavy (non-hydrogen) atoms. The maximum Gasteiger partial charge on any atom is 0.431 e. The lowest BCUT2D eigenvalue weighted by Gasteiger charge is -2.19. The van der Waals surface area contributed by atoms with Crippen LogP contribution in [0.15, 0.2) is 36.7 Å². The van der Waals surface area contributed by atoms with E-state index in [0.717, 1.165) is 27.1 Å². The van der Waals surface area contributed by atoms with Crippen molar-refractivity contribution in [3.05, 3.63) is 58.8 Å². The highest BCUT2D eigenvalue weighted by Gasteiger charge is 2.33. The van der Waals surface area contributed by atoms with Crippen LogP contribution in [-0.2, 0) is 19.1 Å². The summed E-state index contributed by atoms with van der Waals surface area (Å²) in [4.78, 5) is 21.2. The molecular weight excluding hydrogens is 425 g/mol. The lowest BCUT2D eigenvalue weighted by Crippen LogP contribution is -2.31. The summed E-state index contributed by atoms with van der Waals surface area (Å²) in [5.74, 6) is 0.102. The number of pyridine rings is 1. The fraction of sp³-hybridized carbons (Fsp3) is 0.222. The SMILES string of the molecule is CCc1cnn2c(N(Cc3cn4c(C(F)(F)F)cccc4n3)C(=O)O)cc(Cl)nc12. The molecule has 1 N–H and O–H groups in total. The van der Waals surface area contributed by atoms with Crippen molar-refractivity contribution in [1.82, 2.24) is 24.0 Å². The number of carboxylic acid groups (broad SMARTS) is 1. The second kappa shape index (κ2) is 7.17. The quantitative estimate of drug-likeness (QED) is 0.480. The normalized spacial score (nSPS) is 12.0. The molecule has 0 atom stereocenters. The molecule has 0 unspecified atom stereocenters. The molecule has 1 amide bonds. The molecule has 4 aromatic heterocycles. The predicted octanol–water partition coefficient (Wildman–Crippen LogP) is 4.30. The van der Waals surface area contributed by atoms with Crippen LogP contribution in [0.5, 0.6) is 0 Å². The van der Waals surface area contributed by atoms with Gasteiger partial charge in [0, 0.05) is 17.8 Å². The highest BCUT2D eigenvalue weighted by atomic mass is 35.5. The highest BCUT2D eigenvalue weighted by Crippen LogP contribution is 2.30. The van der Waals surface area contributed by atoms with Gasteiger partial charge in [0.05, 0.1) is 18.4 Å². The van der Waals surface area contributed by atoms with E-state index in [2.05, 4.69) is 15.1 Å². The molecule has 0 aliphatic carbocycles. The second-order valence-corrected chi connectivity index (χ2v) is 6.82. The van der Waals surface area contributed by atoms with E-state index in [0.29, 0.717) is 12.1 Å². The van der Waals surface area contributed by atoms with E-state index in [-0.39, 0.29) is 28.9 Å². The van der Waals surface area contributed by atoms with E-state index in [1.807, 2.05) is 6.92 Å². The van der Waals surface area contributed by atoms with Gasteiger partial charge in [0.2, 0.25) is 0 Å². The Kier molecular flexibility index (Phi) is 4.77. The Morgan fingerprint density at radius 3 is 2.73 bits per heavy atom. The van der Waals surface area contributed by atoms with E-state index in [1.165, 1.54) is 22.7 Å². The number of imidazole rings is 1. The number of rotatable bonds is 4. The lowest BCUT2D eigenvalue weighted by molar-refractivity contribution is -0.142. The maximum absolute atomic E-state index is 13.3. The highest BCUT2D eigenvalue weighted by molar-refractivity contribution is 6.29. The van der Waals surface area contributed by atoms with Crippen molar-refractivity contribution in [1.29, 1.82) is 0 Å². The van der Waals surface area contributed by atoms with Gasteiger partial charge in [-0.15, -0.1) is 0 Å². The Morgan fingerprint density at radius 2 is 2.07 bits per heavy atom. The third kappa shape index (κ3) is 3.41. The smallest absolute Gasteiger partial charge is 0.431 e. The predicted molar refractivity (Wildman–Crippen MR) is 102 cm³/mol. The number of alkyl halides is 3. The summed E-state index contributed by atoms with van der Waals surface area (Å²) in [6.07, 6.45) is -2.60. The summed E-state index contributed by atoms with van der Waals surface area (Å²) >= 11 is 6.08. The number of halogens is 4. The number of fused-ring (bicyclic) bond motifs is 2. The minimum Gasteiger partial charge on any atom is -0.465 e. The van der Waals surface area contributed by atoms with Crippen molar-refractivity contribution >= 4 is 34.8 Å². The summed E-state index contributed by atoms with van der Waals surface area (Å²) in [5, 5.41) is 14.0. The van der Waals surface area contributed by atoms with Crippen molar-refractivity contribution < 1.29 is 23.1 Å². The number of carbonyl (C=O) groups is 1. The molecule has 0 spiro atoms. The first-order valence-electron chi connectivity index (χ1n) is 8.77. The van der Waals surface area contributed by atoms with Crippen LogP contribution in [0.1, 0.15) is 23.9 Å². The number of hydrogen-bond donors (Lipinski definition) is 1. The van der Waals surface area contributed by atoms with Crippen molar-refractivity contribution in [3.63, 3.8) is 0 Å². The third-order valence-electron chi connectivity index (χ3n) is 4.54. The van der Waals surface area contributed by atoms with Crippen LogP contribution in [0.3, 0.4) is 0 Å². The standard InChI is InChI=1S/C18H14ClF3N6O2/c1-2-10-7-23-28-15(6-13(19)25-16(10)28)27(17(29)30)9-11-8-26-12(18(20,21)22)4-3-5-14(26)24-11/h3-8H,2,9H2,1H3,(H,29,30). The van der Waals surface area contributed by atoms with E-state index < -0.39 is 18.0 Å². The molecule has 8 nitrogen and oxygen atoms in total. The lowest BCUT2D eigenvalue weighted by atomic mass is 10.3. The van der Waals surface area contributed by atoms with Gasteiger partial charge in [-0.05, 0) is 18.6 Å². The minimum atomic E-state index is -4.58. The summed E-state index contributed by atoms with van der Waals surface area (Å²) < 4.78 is 42.0. The summed E-state index contributed by atoms with van der Waals surface area (Å²) in [7, 11) is 0. The number of anilines is 1. The van der Waals surface area contributed by atoms with Gasteiger partial charge < -0.3 is 5.11 Å². The van der Waals surface area contributed by atoms with Crippen molar-refractivity contribution in [2.75, 3.05) is 4.90 Å². The molecule has 0 saturated carbocycles. The molecule has 0 aromatic carbocycles. The number of nitrogens with zero attached hydrogens (tertiary/aromatic N) is 6. The van der Waals surface area contributed by atoms with Crippen molar-refractivity contribution in [2.45, 2.75) is 26.1 Å². The average molecular weight is 439 g/mol. The molecular formula is C18H14ClF3N6O2. The van der Waals surface area contributed by atoms with Crippen LogP contribution < -0.4 is 4.90 Å². The molecule has 0 aliphatic heterocycles. The fourth-order valence-corrected chi connectivity index (χ4v) is 3.36. The van der Waals surface area contributed by atoms with Gasteiger partial charge in [0.25, 0.3) is 0 Å². The molecule has 4 rings (SSSR count). The van der Waals surface area contributed by atoms with Gasteiger partial charge in [0.1, 0.15) is 22.3 Å². The van der Waals surface area contributed by atoms with Gasteiger partial charge >= 0.3 is 12.3 Å². The number of aromatic nitrogens is 5. The summed E-state index contributed by atoms with van der Waals surface area (Å²) in [6.45, 7) is 1.58. The molecule has 0 aliphatic rings. The number of hydrogen-bond acceptors (Lipinski definition) is 4. The van der Waals surface area contributed by atoms with Gasteiger partial charge in [-0.2, -0.15) is 22.8 Å². The van der Waals surface area contributed by atoms with Crippen LogP contribution in [-0.4, -0.2) is 35.2 Å². The van der Waals surface area contributed by atoms with E-state index >= 15 is 0 Å². The zero-order valence-electron chi connectivity index (χ0n) is 15.4. The van der Waals surface area contributed by atoms with Crippen LogP contribution in [0.4, 0.5) is 23.8 Å². The molecule has 0 fully saturated rings. The van der Waals surface area contributed by atoms with Crippen LogP contribution in [0, 0.1) is 0 Å². The first-order chi connectivity index (χ1) is 14.2. The minimum absolute atomic E-state index is 0.0513. The maximum atomic E-state index is 13.3. The van der Waals surface area contributed by atoms with Crippen molar-refractivity contribution in [2.24, 2.45) is 0 Å². The zero-order valence-corrected chi connectivity index (χ0v) is 16.2. The molecule has 12 heteroatoms. The molecule has 0 saturated heterocycles. The molecule has 4 heterocycles. The molecule has 0 radical (unpaired) electrons. The Bertz CT molecular complexity index is 1270. The van der Waals surface area contributed by atoms with Gasteiger partial charge in [-0.25, -0.2) is 14.8 Å². The van der Waals surface area contributed by atoms with E-state index in [9.17, 15) is 23.1 Å². The zero-order chi connectivity index (χ0) is 21.6. The van der Waals surface area contributed by atoms with Crippen LogP contribution in [0.2, 0.25) is 5.15 Å². The Labute approximate surface area is 172 Å². The molecule has 4 aromatic rings. The first-order valence-corrected chi connectivity index (χ1v) is 9.14. The summed E-state index contributed by atoms with van der Waals surface area (Å²) in [5.41, 5.74) is 0.440. The average Bonchev–Trinajstić information content (AvgIpc) is 3.27. The summed E-state index contributed by atoms with van der Waals surface area (Å²) in [6, 6.07) is 4.90. The topological polar surface area (TPSA) is 88.0 Å².